The van der Waals surface area contributed by atoms with Crippen LogP contribution in [0.15, 0.2) is 0 Å². The van der Waals surface area contributed by atoms with Crippen molar-refractivity contribution in [2.75, 3.05) is 13.2 Å². The third kappa shape index (κ3) is 1.90. The molecule has 2 aliphatic rings. The molecule has 0 bridgehead atoms. The molecule has 0 amide bonds. The lowest BCUT2D eigenvalue weighted by Crippen LogP contribution is -2.55. The molecule has 1 N–H and O–H groups in total. The topological polar surface area (TPSA) is 47.9 Å². The Morgan fingerprint density at radius 2 is 1.61 bits per heavy atom. The third-order valence-electron chi connectivity index (χ3n) is 3.98. The van der Waals surface area contributed by atoms with Crippen LogP contribution in [0, 0.1) is 10.8 Å². The van der Waals surface area contributed by atoms with Crippen LogP contribution in [0.25, 0.3) is 0 Å². The normalized spacial score (nSPS) is 35.8. The molecule has 0 unspecified atom stereocenters. The number of fused-ring (bicyclic) bond motifs is 1. The lowest BCUT2D eigenvalue weighted by atomic mass is 9.70. The standard InChI is InChI=1S/C14H26O4/c1-12(2,3)14(13(4,5)6)17-10-8-16-9(7-15)11(10)18-14/h9-11,15H,7-8H2,1-6H3/t9-,10+,11-/m1/s1. The number of aliphatic hydroxyl groups is 1. The molecule has 0 aromatic carbocycles. The van der Waals surface area contributed by atoms with Gasteiger partial charge in [-0.25, -0.2) is 0 Å². The predicted octanol–water partition coefficient (Wildman–Crippen LogP) is 1.95. The summed E-state index contributed by atoms with van der Waals surface area (Å²) in [6.07, 6.45) is -0.490. The van der Waals surface area contributed by atoms with Crippen molar-refractivity contribution >= 4 is 0 Å². The van der Waals surface area contributed by atoms with E-state index in [1.165, 1.54) is 0 Å². The van der Waals surface area contributed by atoms with Crippen molar-refractivity contribution in [3.05, 3.63) is 0 Å². The number of rotatable bonds is 1. The van der Waals surface area contributed by atoms with Crippen LogP contribution in [0.3, 0.4) is 0 Å². The van der Waals surface area contributed by atoms with E-state index in [1.54, 1.807) is 0 Å². The molecule has 2 aliphatic heterocycles. The van der Waals surface area contributed by atoms with Crippen molar-refractivity contribution in [2.24, 2.45) is 10.8 Å². The highest BCUT2D eigenvalue weighted by Crippen LogP contribution is 2.54. The molecule has 3 atom stereocenters. The SMILES string of the molecule is CC(C)(C)C1(C(C)(C)C)O[C@H]2[C@H](CO[C@@H]2CO)O1. The maximum Gasteiger partial charge on any atom is 0.179 e. The van der Waals surface area contributed by atoms with Gasteiger partial charge in [0.15, 0.2) is 5.79 Å². The highest BCUT2D eigenvalue weighted by Gasteiger charge is 2.63. The zero-order valence-corrected chi connectivity index (χ0v) is 12.3. The summed E-state index contributed by atoms with van der Waals surface area (Å²) in [6, 6.07) is 0. The maximum atomic E-state index is 9.33. The molecule has 2 saturated heterocycles. The minimum Gasteiger partial charge on any atom is -0.394 e. The minimum absolute atomic E-state index is 0.0190. The van der Waals surface area contributed by atoms with Crippen LogP contribution in [-0.2, 0) is 14.2 Å². The molecule has 0 radical (unpaired) electrons. The van der Waals surface area contributed by atoms with Gasteiger partial charge in [-0.1, -0.05) is 41.5 Å². The smallest absolute Gasteiger partial charge is 0.179 e. The summed E-state index contributed by atoms with van der Waals surface area (Å²) in [6.45, 7) is 13.3. The van der Waals surface area contributed by atoms with E-state index in [-0.39, 0.29) is 35.7 Å². The van der Waals surface area contributed by atoms with Crippen molar-refractivity contribution in [2.45, 2.75) is 65.6 Å². The molecule has 0 spiro atoms. The maximum absolute atomic E-state index is 9.33. The quantitative estimate of drug-likeness (QED) is 0.781. The van der Waals surface area contributed by atoms with Gasteiger partial charge in [0.2, 0.25) is 0 Å². The van der Waals surface area contributed by atoms with Crippen molar-refractivity contribution in [3.8, 4) is 0 Å². The molecule has 18 heavy (non-hydrogen) atoms. The first-order valence-corrected chi connectivity index (χ1v) is 6.70. The molecular weight excluding hydrogens is 232 g/mol. The first-order valence-electron chi connectivity index (χ1n) is 6.70. The number of hydrogen-bond acceptors (Lipinski definition) is 4. The van der Waals surface area contributed by atoms with Gasteiger partial charge >= 0.3 is 0 Å². The Labute approximate surface area is 110 Å². The Bertz CT molecular complexity index is 299. The highest BCUT2D eigenvalue weighted by molar-refractivity contribution is 5.03. The second-order valence-corrected chi connectivity index (χ2v) is 7.41. The van der Waals surface area contributed by atoms with E-state index in [2.05, 4.69) is 41.5 Å². The molecule has 0 aromatic rings. The average Bonchev–Trinajstić information content (AvgIpc) is 2.70. The monoisotopic (exact) mass is 258 g/mol. The number of aliphatic hydroxyl groups excluding tert-OH is 1. The van der Waals surface area contributed by atoms with Crippen molar-refractivity contribution < 1.29 is 19.3 Å². The molecule has 4 heteroatoms. The Morgan fingerprint density at radius 1 is 1.06 bits per heavy atom. The summed E-state index contributed by atoms with van der Waals surface area (Å²) in [4.78, 5) is 0. The lowest BCUT2D eigenvalue weighted by Gasteiger charge is -2.49. The molecule has 0 aliphatic carbocycles. The van der Waals surface area contributed by atoms with Crippen molar-refractivity contribution in [1.29, 1.82) is 0 Å². The predicted molar refractivity (Wildman–Crippen MR) is 68.2 cm³/mol. The molecule has 0 aromatic heterocycles. The van der Waals surface area contributed by atoms with Gasteiger partial charge in [-0.2, -0.15) is 0 Å². The zero-order valence-electron chi connectivity index (χ0n) is 12.3. The fraction of sp³-hybridized carbons (Fsp3) is 1.00. The van der Waals surface area contributed by atoms with Crippen LogP contribution in [0.4, 0.5) is 0 Å². The average molecular weight is 258 g/mol. The summed E-state index contributed by atoms with van der Waals surface area (Å²) < 4.78 is 18.1. The van der Waals surface area contributed by atoms with Crippen molar-refractivity contribution in [1.82, 2.24) is 0 Å². The van der Waals surface area contributed by atoms with Crippen LogP contribution in [-0.4, -0.2) is 42.4 Å². The molecule has 0 saturated carbocycles. The number of hydrogen-bond donors (Lipinski definition) is 1. The summed E-state index contributed by atoms with van der Waals surface area (Å²) in [5, 5.41) is 9.33. The van der Waals surface area contributed by atoms with Crippen LogP contribution < -0.4 is 0 Å². The summed E-state index contributed by atoms with van der Waals surface area (Å²) >= 11 is 0. The fourth-order valence-corrected chi connectivity index (χ4v) is 3.32. The van der Waals surface area contributed by atoms with Gasteiger partial charge in [-0.05, 0) is 0 Å². The summed E-state index contributed by atoms with van der Waals surface area (Å²) in [7, 11) is 0. The molecule has 106 valence electrons. The van der Waals surface area contributed by atoms with Gasteiger partial charge in [0.25, 0.3) is 0 Å². The Balaban J connectivity index is 2.32. The minimum atomic E-state index is -0.646. The van der Waals surface area contributed by atoms with Gasteiger partial charge in [0, 0.05) is 10.8 Å². The van der Waals surface area contributed by atoms with Crippen LogP contribution in [0.2, 0.25) is 0 Å². The van der Waals surface area contributed by atoms with Gasteiger partial charge < -0.3 is 19.3 Å². The van der Waals surface area contributed by atoms with Crippen LogP contribution in [0.5, 0.6) is 0 Å². The third-order valence-corrected chi connectivity index (χ3v) is 3.98. The summed E-state index contributed by atoms with van der Waals surface area (Å²) in [5.41, 5.74) is -0.287. The fourth-order valence-electron chi connectivity index (χ4n) is 3.32. The number of ether oxygens (including phenoxy) is 3. The van der Waals surface area contributed by atoms with E-state index in [1.807, 2.05) is 0 Å². The second-order valence-electron chi connectivity index (χ2n) is 7.41. The Hall–Kier alpha value is -0.160. The Morgan fingerprint density at radius 3 is 2.06 bits per heavy atom. The van der Waals surface area contributed by atoms with Gasteiger partial charge in [-0.15, -0.1) is 0 Å². The van der Waals surface area contributed by atoms with E-state index < -0.39 is 5.79 Å². The van der Waals surface area contributed by atoms with E-state index in [0.29, 0.717) is 6.61 Å². The molecule has 2 rings (SSSR count). The van der Waals surface area contributed by atoms with Gasteiger partial charge in [-0.3, -0.25) is 0 Å². The zero-order chi connectivity index (χ0) is 13.8. The second kappa shape index (κ2) is 4.17. The summed E-state index contributed by atoms with van der Waals surface area (Å²) in [5.74, 6) is -0.646. The molecule has 2 fully saturated rings. The van der Waals surface area contributed by atoms with Crippen LogP contribution in [0.1, 0.15) is 41.5 Å². The Kier molecular flexibility index (Phi) is 3.30. The molecule has 2 heterocycles. The van der Waals surface area contributed by atoms with Gasteiger partial charge in [0.1, 0.15) is 18.3 Å². The van der Waals surface area contributed by atoms with Crippen molar-refractivity contribution in [3.63, 3.8) is 0 Å². The molecular formula is C14H26O4. The lowest BCUT2D eigenvalue weighted by molar-refractivity contribution is -0.304. The van der Waals surface area contributed by atoms with E-state index in [4.69, 9.17) is 14.2 Å². The van der Waals surface area contributed by atoms with E-state index in [0.717, 1.165) is 0 Å². The van der Waals surface area contributed by atoms with Gasteiger partial charge in [0.05, 0.1) is 13.2 Å². The van der Waals surface area contributed by atoms with E-state index in [9.17, 15) is 5.11 Å². The van der Waals surface area contributed by atoms with E-state index >= 15 is 0 Å². The first-order chi connectivity index (χ1) is 8.12. The first kappa shape index (κ1) is 14.3. The highest BCUT2D eigenvalue weighted by atomic mass is 16.8. The largest absolute Gasteiger partial charge is 0.394 e. The molecule has 4 nitrogen and oxygen atoms in total. The van der Waals surface area contributed by atoms with Crippen LogP contribution >= 0.6 is 0 Å².